The number of likely N-dealkylation sites (tertiary alicyclic amines) is 1. The van der Waals surface area contributed by atoms with Gasteiger partial charge in [0, 0.05) is 12.0 Å². The molecule has 0 bridgehead atoms. The van der Waals surface area contributed by atoms with Gasteiger partial charge >= 0.3 is 19.2 Å². The van der Waals surface area contributed by atoms with Crippen LogP contribution in [0.4, 0.5) is 4.79 Å². The maximum Gasteiger partial charge on any atom is 0.457 e. The first-order valence-electron chi connectivity index (χ1n) is 10.5. The van der Waals surface area contributed by atoms with Gasteiger partial charge in [0.2, 0.25) is 0 Å². The molecule has 0 aromatic carbocycles. The highest BCUT2D eigenvalue weighted by Crippen LogP contribution is 2.48. The summed E-state index contributed by atoms with van der Waals surface area (Å²) in [4.78, 5) is 24.5. The molecule has 0 aliphatic carbocycles. The largest absolute Gasteiger partial charge is 0.480 e. The quantitative estimate of drug-likeness (QED) is 0.295. The van der Waals surface area contributed by atoms with Crippen molar-refractivity contribution in [1.82, 2.24) is 4.90 Å². The van der Waals surface area contributed by atoms with E-state index in [0.717, 1.165) is 0 Å². The number of rotatable bonds is 10. The van der Waals surface area contributed by atoms with Crippen molar-refractivity contribution < 1.29 is 45.9 Å². The molecule has 2 aliphatic rings. The Morgan fingerprint density at radius 1 is 1.03 bits per heavy atom. The topological polar surface area (TPSA) is 165 Å². The lowest BCUT2D eigenvalue weighted by Gasteiger charge is -2.37. The molecule has 2 heterocycles. The van der Waals surface area contributed by atoms with Gasteiger partial charge in [0.1, 0.15) is 16.5 Å². The third-order valence-electron chi connectivity index (χ3n) is 6.96. The van der Waals surface area contributed by atoms with Gasteiger partial charge in [-0.15, -0.1) is 23.2 Å². The molecule has 0 aromatic rings. The molecular weight excluding hydrogens is 536 g/mol. The lowest BCUT2D eigenvalue weighted by atomic mass is 9.73. The molecule has 16 heteroatoms. The molecule has 34 heavy (non-hydrogen) atoms. The Balaban J connectivity index is 2.51. The fourth-order valence-electron chi connectivity index (χ4n) is 4.74. The van der Waals surface area contributed by atoms with Crippen LogP contribution in [0.2, 0.25) is 6.32 Å². The minimum absolute atomic E-state index is 0.0974. The molecule has 0 unspecified atom stereocenters. The van der Waals surface area contributed by atoms with Gasteiger partial charge in [-0.25, -0.2) is 26.4 Å². The monoisotopic (exact) mass is 565 g/mol. The van der Waals surface area contributed by atoms with Crippen LogP contribution >= 0.6 is 23.2 Å². The number of alkyl halides is 2. The number of sulfone groups is 2. The molecule has 2 fully saturated rings. The van der Waals surface area contributed by atoms with Crippen molar-refractivity contribution in [2.45, 2.75) is 69.4 Å². The second kappa shape index (κ2) is 9.93. The zero-order chi connectivity index (χ0) is 26.3. The fraction of sp³-hybridized carbons (Fsp3) is 0.889. The molecule has 2 saturated heterocycles. The summed E-state index contributed by atoms with van der Waals surface area (Å²) in [7, 11) is -9.13. The molecular formula is C18H30BCl2NO10S2. The molecule has 0 saturated carbocycles. The summed E-state index contributed by atoms with van der Waals surface area (Å²) >= 11 is 11.2. The SMILES string of the molecule is CC1(C)OB(CCC[C@]2(CS(=O)(=O)CCl)[C@H](S(=O)(=O)CCl)CN(C(=O)O)[C@@H]2C(=O)O)OC1(C)C. The highest BCUT2D eigenvalue weighted by Gasteiger charge is 2.64. The Hall–Kier alpha value is -0.795. The molecule has 2 aliphatic heterocycles. The highest BCUT2D eigenvalue weighted by molar-refractivity contribution is 7.94. The Morgan fingerprint density at radius 2 is 1.56 bits per heavy atom. The predicted octanol–water partition coefficient (Wildman–Crippen LogP) is 1.88. The first kappa shape index (κ1) is 29.4. The maximum atomic E-state index is 12.9. The molecule has 0 aromatic heterocycles. The van der Waals surface area contributed by atoms with E-state index in [0.29, 0.717) is 4.90 Å². The van der Waals surface area contributed by atoms with E-state index < -0.39 is 89.5 Å². The number of amides is 1. The standard InChI is InChI=1S/C18H30BCl2NO10S2/c1-16(2)17(3,4)32-19(31-16)7-5-6-18(9-33(27,28)10-20)12(34(29,30)11-21)8-22(15(25)26)13(18)14(23)24/h12-13H,5-11H2,1-4H3,(H,23,24)(H,25,26)/t12-,13-,18+/m1/s1. The van der Waals surface area contributed by atoms with Gasteiger partial charge in [-0.2, -0.15) is 0 Å². The minimum Gasteiger partial charge on any atom is -0.480 e. The van der Waals surface area contributed by atoms with E-state index in [1.165, 1.54) is 0 Å². The second-order valence-electron chi connectivity index (χ2n) is 9.74. The first-order valence-corrected chi connectivity index (χ1v) is 15.1. The molecule has 1 amide bonds. The maximum absolute atomic E-state index is 12.9. The van der Waals surface area contributed by atoms with Crippen LogP contribution in [0.15, 0.2) is 0 Å². The number of hydrogen-bond acceptors (Lipinski definition) is 8. The fourth-order valence-corrected chi connectivity index (χ4v) is 8.52. The van der Waals surface area contributed by atoms with E-state index >= 15 is 0 Å². The molecule has 2 N–H and O–H groups in total. The highest BCUT2D eigenvalue weighted by atomic mass is 35.5. The van der Waals surface area contributed by atoms with Crippen LogP contribution in [0.3, 0.4) is 0 Å². The van der Waals surface area contributed by atoms with Crippen LogP contribution in [-0.2, 0) is 33.8 Å². The summed E-state index contributed by atoms with van der Waals surface area (Å²) in [5.41, 5.74) is -3.30. The summed E-state index contributed by atoms with van der Waals surface area (Å²) in [6.45, 7) is 6.63. The summed E-state index contributed by atoms with van der Waals surface area (Å²) in [6, 6.07) is -1.94. The third kappa shape index (κ3) is 5.62. The molecule has 3 atom stereocenters. The predicted molar refractivity (Wildman–Crippen MR) is 127 cm³/mol. The van der Waals surface area contributed by atoms with Crippen molar-refractivity contribution in [2.24, 2.45) is 5.41 Å². The van der Waals surface area contributed by atoms with Crippen LogP contribution in [0.1, 0.15) is 40.5 Å². The van der Waals surface area contributed by atoms with Gasteiger partial charge in [-0.3, -0.25) is 4.90 Å². The van der Waals surface area contributed by atoms with Gasteiger partial charge in [-0.05, 0) is 40.4 Å². The number of aliphatic carboxylic acids is 1. The Kier molecular flexibility index (Phi) is 8.59. The van der Waals surface area contributed by atoms with Gasteiger partial charge in [-0.1, -0.05) is 6.42 Å². The number of halogens is 2. The van der Waals surface area contributed by atoms with Crippen LogP contribution in [-0.4, -0.2) is 96.3 Å². The van der Waals surface area contributed by atoms with Crippen LogP contribution in [0.5, 0.6) is 0 Å². The summed E-state index contributed by atoms with van der Waals surface area (Å²) in [5, 5.41) is 16.1. The molecule has 2 rings (SSSR count). The first-order chi connectivity index (χ1) is 15.4. The Bertz CT molecular complexity index is 1000. The van der Waals surface area contributed by atoms with E-state index in [1.54, 1.807) is 0 Å². The van der Waals surface area contributed by atoms with Crippen LogP contribution in [0, 0.1) is 5.41 Å². The van der Waals surface area contributed by atoms with Gasteiger partial charge in [0.25, 0.3) is 0 Å². The van der Waals surface area contributed by atoms with Gasteiger partial charge in [0.15, 0.2) is 19.7 Å². The van der Waals surface area contributed by atoms with Crippen molar-refractivity contribution in [3.63, 3.8) is 0 Å². The van der Waals surface area contributed by atoms with E-state index in [1.807, 2.05) is 27.7 Å². The summed E-state index contributed by atoms with van der Waals surface area (Å²) < 4.78 is 62.8. The average Bonchev–Trinajstić information content (AvgIpc) is 3.12. The van der Waals surface area contributed by atoms with E-state index in [9.17, 15) is 36.6 Å². The number of carbonyl (C=O) groups is 2. The van der Waals surface area contributed by atoms with E-state index in [-0.39, 0.29) is 19.2 Å². The van der Waals surface area contributed by atoms with E-state index in [4.69, 9.17) is 32.5 Å². The average molecular weight is 566 g/mol. The Morgan fingerprint density at radius 3 is 1.97 bits per heavy atom. The molecule has 11 nitrogen and oxygen atoms in total. The molecule has 0 radical (unpaired) electrons. The van der Waals surface area contributed by atoms with Crippen molar-refractivity contribution in [2.75, 3.05) is 22.7 Å². The summed E-state index contributed by atoms with van der Waals surface area (Å²) in [5.74, 6) is -2.59. The lowest BCUT2D eigenvalue weighted by Crippen LogP contribution is -2.54. The van der Waals surface area contributed by atoms with E-state index in [2.05, 4.69) is 0 Å². The zero-order valence-electron chi connectivity index (χ0n) is 19.4. The van der Waals surface area contributed by atoms with Crippen molar-refractivity contribution in [1.29, 1.82) is 0 Å². The second-order valence-corrected chi connectivity index (χ2v) is 15.2. The third-order valence-corrected chi connectivity index (χ3v) is 12.0. The van der Waals surface area contributed by atoms with Crippen molar-refractivity contribution >= 4 is 62.1 Å². The van der Waals surface area contributed by atoms with Crippen molar-refractivity contribution in [3.05, 3.63) is 0 Å². The Labute approximate surface area is 210 Å². The van der Waals surface area contributed by atoms with Gasteiger partial charge in [0.05, 0.1) is 22.2 Å². The number of carboxylic acid groups (broad SMARTS) is 2. The smallest absolute Gasteiger partial charge is 0.457 e. The van der Waals surface area contributed by atoms with Gasteiger partial charge < -0.3 is 19.5 Å². The number of hydrogen-bond donors (Lipinski definition) is 2. The number of carboxylic acids is 1. The minimum atomic E-state index is -4.28. The van der Waals surface area contributed by atoms with Crippen LogP contribution < -0.4 is 0 Å². The molecule has 196 valence electrons. The lowest BCUT2D eigenvalue weighted by molar-refractivity contribution is -0.144. The normalized spacial score (nSPS) is 28.9. The van der Waals surface area contributed by atoms with Crippen LogP contribution in [0.25, 0.3) is 0 Å². The number of nitrogens with zero attached hydrogens (tertiary/aromatic N) is 1. The van der Waals surface area contributed by atoms with Crippen molar-refractivity contribution in [3.8, 4) is 0 Å². The molecule has 0 spiro atoms. The summed E-state index contributed by atoms with van der Waals surface area (Å²) in [6.07, 6.45) is -1.64. The zero-order valence-corrected chi connectivity index (χ0v) is 22.5.